The van der Waals surface area contributed by atoms with Gasteiger partial charge in [0.25, 0.3) is 0 Å². The zero-order valence-electron chi connectivity index (χ0n) is 18.1. The van der Waals surface area contributed by atoms with Gasteiger partial charge in [0, 0.05) is 26.1 Å². The number of nitrogens with one attached hydrogen (secondary N) is 2. The molecule has 0 saturated heterocycles. The van der Waals surface area contributed by atoms with E-state index in [1.165, 1.54) is 0 Å². The van der Waals surface area contributed by atoms with Gasteiger partial charge < -0.3 is 19.9 Å². The van der Waals surface area contributed by atoms with Gasteiger partial charge >= 0.3 is 0 Å². The second kappa shape index (κ2) is 13.6. The molecular weight excluding hydrogens is 503 g/mol. The maximum Gasteiger partial charge on any atom is 0.191 e. The summed E-state index contributed by atoms with van der Waals surface area (Å²) in [5.41, 5.74) is 2.25. The number of rotatable bonds is 10. The Kier molecular flexibility index (Phi) is 10.8. The first-order valence-electron chi connectivity index (χ1n) is 10.4. The van der Waals surface area contributed by atoms with E-state index >= 15 is 0 Å². The lowest BCUT2D eigenvalue weighted by molar-refractivity contribution is 0.306. The molecule has 0 saturated carbocycles. The highest BCUT2D eigenvalue weighted by Gasteiger charge is 2.03. The van der Waals surface area contributed by atoms with Crippen LogP contribution in [-0.2, 0) is 26.1 Å². The molecule has 0 atom stereocenters. The van der Waals surface area contributed by atoms with Crippen LogP contribution in [0.15, 0.2) is 65.9 Å². The third-order valence-electron chi connectivity index (χ3n) is 4.57. The summed E-state index contributed by atoms with van der Waals surface area (Å²) in [5, 5.41) is 14.8. The fourth-order valence-electron chi connectivity index (χ4n) is 3.02. The van der Waals surface area contributed by atoms with Crippen LogP contribution in [0.2, 0.25) is 0 Å². The lowest BCUT2D eigenvalue weighted by atomic mass is 10.2. The van der Waals surface area contributed by atoms with Gasteiger partial charge in [-0.05, 0) is 30.2 Å². The Morgan fingerprint density at radius 3 is 2.61 bits per heavy atom. The molecule has 0 radical (unpaired) electrons. The molecule has 3 rings (SSSR count). The maximum absolute atomic E-state index is 5.92. The topological polar surface area (TPSA) is 76.4 Å². The summed E-state index contributed by atoms with van der Waals surface area (Å²) in [6, 6.07) is 18.3. The minimum absolute atomic E-state index is 0. The van der Waals surface area contributed by atoms with Gasteiger partial charge in [-0.25, -0.2) is 4.99 Å². The minimum atomic E-state index is 0. The number of aromatic nitrogens is 3. The molecule has 0 fully saturated rings. The van der Waals surface area contributed by atoms with Crippen molar-refractivity contribution in [2.24, 2.45) is 4.99 Å². The zero-order valence-corrected chi connectivity index (χ0v) is 20.5. The van der Waals surface area contributed by atoms with E-state index in [0.717, 1.165) is 54.7 Å². The molecule has 0 bridgehead atoms. The molecule has 3 aromatic rings. The predicted molar refractivity (Wildman–Crippen MR) is 135 cm³/mol. The quantitative estimate of drug-likeness (QED) is 0.235. The predicted octanol–water partition coefficient (Wildman–Crippen LogP) is 3.79. The van der Waals surface area contributed by atoms with Crippen molar-refractivity contribution in [1.82, 2.24) is 25.4 Å². The molecule has 31 heavy (non-hydrogen) atoms. The van der Waals surface area contributed by atoms with Crippen molar-refractivity contribution in [2.45, 2.75) is 40.0 Å². The average molecular weight is 534 g/mol. The first-order valence-corrected chi connectivity index (χ1v) is 10.4. The van der Waals surface area contributed by atoms with Crippen LogP contribution >= 0.6 is 24.0 Å². The lowest BCUT2D eigenvalue weighted by Crippen LogP contribution is -2.38. The van der Waals surface area contributed by atoms with E-state index < -0.39 is 0 Å². The highest BCUT2D eigenvalue weighted by Crippen LogP contribution is 2.16. The van der Waals surface area contributed by atoms with E-state index in [1.807, 2.05) is 36.4 Å². The normalized spacial score (nSPS) is 11.0. The second-order valence-corrected chi connectivity index (χ2v) is 6.84. The number of halogens is 1. The van der Waals surface area contributed by atoms with Gasteiger partial charge in [0.1, 0.15) is 24.5 Å². The van der Waals surface area contributed by atoms with Crippen molar-refractivity contribution in [1.29, 1.82) is 0 Å². The summed E-state index contributed by atoms with van der Waals surface area (Å²) in [5.74, 6) is 2.63. The summed E-state index contributed by atoms with van der Waals surface area (Å²) < 4.78 is 7.98. The fourth-order valence-corrected chi connectivity index (χ4v) is 3.02. The third kappa shape index (κ3) is 8.20. The number of hydrogen-bond donors (Lipinski definition) is 2. The Bertz CT molecular complexity index is 929. The number of ether oxygens (including phenoxy) is 1. The molecule has 0 aliphatic carbocycles. The monoisotopic (exact) mass is 534 g/mol. The Morgan fingerprint density at radius 1 is 1.03 bits per heavy atom. The largest absolute Gasteiger partial charge is 0.489 e. The second-order valence-electron chi connectivity index (χ2n) is 6.84. The SMILES string of the molecule is CCNC(=NCc1cccc(OCc2ccccc2)c1)NCCn1cnnc1CC.I. The Hall–Kier alpha value is -2.62. The van der Waals surface area contributed by atoms with Crippen molar-refractivity contribution in [3.05, 3.63) is 77.9 Å². The number of aliphatic imine (C=N–C) groups is 1. The molecule has 8 heteroatoms. The lowest BCUT2D eigenvalue weighted by Gasteiger charge is -2.12. The van der Waals surface area contributed by atoms with Crippen molar-refractivity contribution in [2.75, 3.05) is 13.1 Å². The van der Waals surface area contributed by atoms with Gasteiger partial charge in [-0.1, -0.05) is 49.4 Å². The van der Waals surface area contributed by atoms with E-state index in [-0.39, 0.29) is 24.0 Å². The summed E-state index contributed by atoms with van der Waals surface area (Å²) in [4.78, 5) is 4.70. The molecule has 0 amide bonds. The minimum Gasteiger partial charge on any atom is -0.489 e. The van der Waals surface area contributed by atoms with Crippen LogP contribution in [0, 0.1) is 0 Å². The highest BCUT2D eigenvalue weighted by molar-refractivity contribution is 14.0. The maximum atomic E-state index is 5.92. The molecule has 7 nitrogen and oxygen atoms in total. The first kappa shape index (κ1) is 24.6. The summed E-state index contributed by atoms with van der Waals surface area (Å²) in [7, 11) is 0. The van der Waals surface area contributed by atoms with Crippen LogP contribution in [0.4, 0.5) is 0 Å². The average Bonchev–Trinajstić information content (AvgIpc) is 3.24. The van der Waals surface area contributed by atoms with Crippen molar-refractivity contribution in [3.8, 4) is 5.75 Å². The van der Waals surface area contributed by atoms with Crippen molar-refractivity contribution >= 4 is 29.9 Å². The van der Waals surface area contributed by atoms with Crippen LogP contribution in [0.3, 0.4) is 0 Å². The molecule has 0 aliphatic heterocycles. The zero-order chi connectivity index (χ0) is 21.0. The smallest absolute Gasteiger partial charge is 0.191 e. The highest BCUT2D eigenvalue weighted by atomic mass is 127. The van der Waals surface area contributed by atoms with E-state index in [2.05, 4.69) is 57.4 Å². The van der Waals surface area contributed by atoms with E-state index in [4.69, 9.17) is 9.73 Å². The van der Waals surface area contributed by atoms with Crippen LogP contribution in [0.25, 0.3) is 0 Å². The molecular formula is C23H31IN6O. The van der Waals surface area contributed by atoms with Crippen LogP contribution in [0.5, 0.6) is 5.75 Å². The third-order valence-corrected chi connectivity index (χ3v) is 4.57. The summed E-state index contributed by atoms with van der Waals surface area (Å²) >= 11 is 0. The first-order chi connectivity index (χ1) is 14.8. The van der Waals surface area contributed by atoms with Gasteiger partial charge in [0.15, 0.2) is 5.96 Å². The number of aryl methyl sites for hydroxylation is 1. The molecule has 0 aliphatic rings. The number of nitrogens with zero attached hydrogens (tertiary/aromatic N) is 4. The molecule has 166 valence electrons. The molecule has 0 spiro atoms. The van der Waals surface area contributed by atoms with Gasteiger partial charge in [0.2, 0.25) is 0 Å². The molecule has 2 aromatic carbocycles. The molecule has 2 N–H and O–H groups in total. The number of benzene rings is 2. The van der Waals surface area contributed by atoms with Gasteiger partial charge in [-0.15, -0.1) is 34.2 Å². The molecule has 1 aromatic heterocycles. The van der Waals surface area contributed by atoms with Gasteiger partial charge in [-0.2, -0.15) is 0 Å². The van der Waals surface area contributed by atoms with Crippen molar-refractivity contribution < 1.29 is 4.74 Å². The fraction of sp³-hybridized carbons (Fsp3) is 0.348. The molecule has 0 unspecified atom stereocenters. The molecule has 1 heterocycles. The van der Waals surface area contributed by atoms with E-state index in [9.17, 15) is 0 Å². The number of hydrogen-bond acceptors (Lipinski definition) is 4. The Morgan fingerprint density at radius 2 is 1.84 bits per heavy atom. The Balaban J connectivity index is 0.00000341. The van der Waals surface area contributed by atoms with Crippen LogP contribution in [0.1, 0.15) is 30.8 Å². The van der Waals surface area contributed by atoms with E-state index in [0.29, 0.717) is 13.2 Å². The standard InChI is InChI=1S/C23H30N6O.HI/c1-3-22-28-27-18-29(22)14-13-25-23(24-4-2)26-16-20-11-8-12-21(15-20)30-17-19-9-6-5-7-10-19;/h5-12,15,18H,3-4,13-14,16-17H2,1-2H3,(H2,24,25,26);1H. The van der Waals surface area contributed by atoms with Gasteiger partial charge in [0.05, 0.1) is 6.54 Å². The van der Waals surface area contributed by atoms with Crippen LogP contribution in [-0.4, -0.2) is 33.8 Å². The summed E-state index contributed by atoms with van der Waals surface area (Å²) in [6.45, 7) is 7.62. The van der Waals surface area contributed by atoms with Gasteiger partial charge in [-0.3, -0.25) is 0 Å². The Labute approximate surface area is 201 Å². The number of guanidine groups is 1. The van der Waals surface area contributed by atoms with Crippen LogP contribution < -0.4 is 15.4 Å². The van der Waals surface area contributed by atoms with Crippen molar-refractivity contribution in [3.63, 3.8) is 0 Å². The van der Waals surface area contributed by atoms with E-state index in [1.54, 1.807) is 6.33 Å². The summed E-state index contributed by atoms with van der Waals surface area (Å²) in [6.07, 6.45) is 2.64.